The van der Waals surface area contributed by atoms with Crippen molar-refractivity contribution in [2.75, 3.05) is 14.2 Å². The molecular weight excluding hydrogens is 206 g/mol. The molecule has 0 aromatic rings. The molecule has 1 rings (SSSR count). The normalized spacial score (nSPS) is 21.1. The van der Waals surface area contributed by atoms with E-state index in [4.69, 9.17) is 9.47 Å². The highest BCUT2D eigenvalue weighted by atomic mass is 16.7. The number of ether oxygens (including phenoxy) is 2. The number of hydrogen-bond acceptors (Lipinski definition) is 3. The van der Waals surface area contributed by atoms with Gasteiger partial charge in [0.05, 0.1) is 6.04 Å². The third kappa shape index (κ3) is 2.95. The summed E-state index contributed by atoms with van der Waals surface area (Å²) < 4.78 is 10.2. The van der Waals surface area contributed by atoms with Crippen LogP contribution in [-0.4, -0.2) is 32.5 Å². The number of carbonyl (C=O) groups is 1. The fourth-order valence-corrected chi connectivity index (χ4v) is 2.34. The molecule has 0 aliphatic heterocycles. The Hall–Kier alpha value is -0.610. The van der Waals surface area contributed by atoms with Crippen molar-refractivity contribution in [2.45, 2.75) is 51.9 Å². The maximum Gasteiger partial charge on any atom is 0.226 e. The van der Waals surface area contributed by atoms with E-state index in [0.29, 0.717) is 0 Å². The minimum absolute atomic E-state index is 0.122. The molecule has 0 heterocycles. The maximum atomic E-state index is 12.1. The standard InChI is InChI=1S/C12H23NO3/c1-9(10(15-3)16-4)13-11(14)12(2)7-5-6-8-12/h9-10H,5-8H2,1-4H3,(H,13,14). The summed E-state index contributed by atoms with van der Waals surface area (Å²) in [6.45, 7) is 3.94. The van der Waals surface area contributed by atoms with Crippen LogP contribution in [0, 0.1) is 5.41 Å². The lowest BCUT2D eigenvalue weighted by Gasteiger charge is -2.28. The van der Waals surface area contributed by atoms with E-state index in [-0.39, 0.29) is 23.7 Å². The van der Waals surface area contributed by atoms with Crippen LogP contribution >= 0.6 is 0 Å². The largest absolute Gasteiger partial charge is 0.354 e. The molecule has 1 unspecified atom stereocenters. The summed E-state index contributed by atoms with van der Waals surface area (Å²) in [6.07, 6.45) is 3.88. The van der Waals surface area contributed by atoms with Gasteiger partial charge in [-0.05, 0) is 19.8 Å². The number of amides is 1. The summed E-state index contributed by atoms with van der Waals surface area (Å²) >= 11 is 0. The zero-order chi connectivity index (χ0) is 12.2. The Bertz CT molecular complexity index is 232. The smallest absolute Gasteiger partial charge is 0.226 e. The molecular formula is C12H23NO3. The van der Waals surface area contributed by atoms with Crippen molar-refractivity contribution < 1.29 is 14.3 Å². The summed E-state index contributed by atoms with van der Waals surface area (Å²) in [5.41, 5.74) is -0.194. The predicted molar refractivity (Wildman–Crippen MR) is 62.0 cm³/mol. The van der Waals surface area contributed by atoms with E-state index in [2.05, 4.69) is 5.32 Å². The lowest BCUT2D eigenvalue weighted by atomic mass is 9.87. The Labute approximate surface area is 97.7 Å². The molecule has 16 heavy (non-hydrogen) atoms. The van der Waals surface area contributed by atoms with Crippen LogP contribution in [-0.2, 0) is 14.3 Å². The topological polar surface area (TPSA) is 47.6 Å². The molecule has 94 valence electrons. The molecule has 0 aromatic carbocycles. The first kappa shape index (κ1) is 13.5. The van der Waals surface area contributed by atoms with E-state index in [1.165, 1.54) is 0 Å². The molecule has 4 heteroatoms. The number of hydrogen-bond donors (Lipinski definition) is 1. The second-order valence-corrected chi connectivity index (χ2v) is 4.87. The van der Waals surface area contributed by atoms with Gasteiger partial charge in [0.2, 0.25) is 5.91 Å². The van der Waals surface area contributed by atoms with Gasteiger partial charge in [-0.3, -0.25) is 4.79 Å². The summed E-state index contributed by atoms with van der Waals surface area (Å²) in [5, 5.41) is 2.98. The Morgan fingerprint density at radius 3 is 2.19 bits per heavy atom. The van der Waals surface area contributed by atoms with Crippen molar-refractivity contribution in [3.63, 3.8) is 0 Å². The number of rotatable bonds is 5. The number of methoxy groups -OCH3 is 2. The number of nitrogens with one attached hydrogen (secondary N) is 1. The maximum absolute atomic E-state index is 12.1. The molecule has 1 aliphatic carbocycles. The third-order valence-electron chi connectivity index (χ3n) is 3.49. The zero-order valence-electron chi connectivity index (χ0n) is 10.7. The first-order chi connectivity index (χ1) is 7.53. The Kier molecular flexibility index (Phi) is 4.74. The second kappa shape index (κ2) is 5.64. The van der Waals surface area contributed by atoms with Crippen LogP contribution < -0.4 is 5.32 Å². The molecule has 1 amide bonds. The average molecular weight is 229 g/mol. The molecule has 1 N–H and O–H groups in total. The van der Waals surface area contributed by atoms with Gasteiger partial charge in [-0.15, -0.1) is 0 Å². The lowest BCUT2D eigenvalue weighted by molar-refractivity contribution is -0.142. The van der Waals surface area contributed by atoms with Gasteiger partial charge in [0.15, 0.2) is 6.29 Å². The zero-order valence-corrected chi connectivity index (χ0v) is 10.7. The summed E-state index contributed by atoms with van der Waals surface area (Å²) in [5.74, 6) is 0.122. The summed E-state index contributed by atoms with van der Waals surface area (Å²) in [7, 11) is 3.15. The average Bonchev–Trinajstić information content (AvgIpc) is 2.68. The molecule has 1 fully saturated rings. The molecule has 0 saturated heterocycles. The highest BCUT2D eigenvalue weighted by Crippen LogP contribution is 2.37. The van der Waals surface area contributed by atoms with E-state index in [9.17, 15) is 4.79 Å². The Balaban J connectivity index is 2.50. The Morgan fingerprint density at radius 1 is 1.25 bits per heavy atom. The van der Waals surface area contributed by atoms with Crippen LogP contribution in [0.2, 0.25) is 0 Å². The van der Waals surface area contributed by atoms with Crippen molar-refractivity contribution in [2.24, 2.45) is 5.41 Å². The van der Waals surface area contributed by atoms with Crippen LogP contribution in [0.5, 0.6) is 0 Å². The van der Waals surface area contributed by atoms with E-state index in [1.807, 2.05) is 13.8 Å². The highest BCUT2D eigenvalue weighted by Gasteiger charge is 2.37. The van der Waals surface area contributed by atoms with Gasteiger partial charge in [0, 0.05) is 19.6 Å². The minimum Gasteiger partial charge on any atom is -0.354 e. The highest BCUT2D eigenvalue weighted by molar-refractivity contribution is 5.82. The first-order valence-corrected chi connectivity index (χ1v) is 5.90. The van der Waals surface area contributed by atoms with Gasteiger partial charge in [-0.1, -0.05) is 19.8 Å². The molecule has 1 atom stereocenters. The van der Waals surface area contributed by atoms with E-state index in [0.717, 1.165) is 25.7 Å². The molecule has 1 saturated carbocycles. The van der Waals surface area contributed by atoms with E-state index >= 15 is 0 Å². The SMILES string of the molecule is COC(OC)C(C)NC(=O)C1(C)CCCC1. The van der Waals surface area contributed by atoms with Crippen LogP contribution in [0.25, 0.3) is 0 Å². The van der Waals surface area contributed by atoms with Gasteiger partial charge in [-0.2, -0.15) is 0 Å². The molecule has 0 bridgehead atoms. The minimum atomic E-state index is -0.381. The summed E-state index contributed by atoms with van der Waals surface area (Å²) in [4.78, 5) is 12.1. The van der Waals surface area contributed by atoms with E-state index in [1.54, 1.807) is 14.2 Å². The van der Waals surface area contributed by atoms with Crippen molar-refractivity contribution >= 4 is 5.91 Å². The number of carbonyl (C=O) groups excluding carboxylic acids is 1. The summed E-state index contributed by atoms with van der Waals surface area (Å²) in [6, 6.07) is -0.125. The Morgan fingerprint density at radius 2 is 1.75 bits per heavy atom. The van der Waals surface area contributed by atoms with Crippen LogP contribution in [0.1, 0.15) is 39.5 Å². The predicted octanol–water partition coefficient (Wildman–Crippen LogP) is 1.69. The monoisotopic (exact) mass is 229 g/mol. The van der Waals surface area contributed by atoms with Gasteiger partial charge in [0.1, 0.15) is 0 Å². The lowest BCUT2D eigenvalue weighted by Crippen LogP contribution is -2.47. The van der Waals surface area contributed by atoms with Gasteiger partial charge < -0.3 is 14.8 Å². The van der Waals surface area contributed by atoms with Crippen molar-refractivity contribution in [3.05, 3.63) is 0 Å². The van der Waals surface area contributed by atoms with Gasteiger partial charge >= 0.3 is 0 Å². The fourth-order valence-electron chi connectivity index (χ4n) is 2.34. The second-order valence-electron chi connectivity index (χ2n) is 4.87. The van der Waals surface area contributed by atoms with E-state index < -0.39 is 0 Å². The molecule has 1 aliphatic rings. The molecule has 0 spiro atoms. The molecule has 0 radical (unpaired) electrons. The van der Waals surface area contributed by atoms with Crippen LogP contribution in [0.15, 0.2) is 0 Å². The van der Waals surface area contributed by atoms with Crippen LogP contribution in [0.4, 0.5) is 0 Å². The fraction of sp³-hybridized carbons (Fsp3) is 0.917. The van der Waals surface area contributed by atoms with Crippen LogP contribution in [0.3, 0.4) is 0 Å². The van der Waals surface area contributed by atoms with Crippen molar-refractivity contribution in [3.8, 4) is 0 Å². The molecule has 4 nitrogen and oxygen atoms in total. The van der Waals surface area contributed by atoms with Gasteiger partial charge in [-0.25, -0.2) is 0 Å². The van der Waals surface area contributed by atoms with Crippen molar-refractivity contribution in [1.29, 1.82) is 0 Å². The molecule has 0 aromatic heterocycles. The quantitative estimate of drug-likeness (QED) is 0.730. The van der Waals surface area contributed by atoms with Gasteiger partial charge in [0.25, 0.3) is 0 Å². The van der Waals surface area contributed by atoms with Crippen molar-refractivity contribution in [1.82, 2.24) is 5.32 Å². The third-order valence-corrected chi connectivity index (χ3v) is 3.49. The first-order valence-electron chi connectivity index (χ1n) is 5.90.